The smallest absolute Gasteiger partial charge is 0.254 e. The molecule has 0 unspecified atom stereocenters. The molecule has 1 fully saturated rings. The second-order valence-corrected chi connectivity index (χ2v) is 11.1. The number of carbonyl (C=O) groups excluding carboxylic acids is 1. The quantitative estimate of drug-likeness (QED) is 0.339. The number of nitrogens with zero attached hydrogens (tertiary/aromatic N) is 4. The van der Waals surface area contributed by atoms with Crippen LogP contribution >= 0.6 is 11.6 Å². The highest BCUT2D eigenvalue weighted by Gasteiger charge is 2.47. The maximum atomic E-state index is 15.5. The van der Waals surface area contributed by atoms with Crippen molar-refractivity contribution in [3.8, 4) is 22.4 Å². The Kier molecular flexibility index (Phi) is 4.60. The summed E-state index contributed by atoms with van der Waals surface area (Å²) < 4.78 is 19.1. The van der Waals surface area contributed by atoms with E-state index in [1.54, 1.807) is 29.1 Å². The van der Waals surface area contributed by atoms with E-state index in [0.717, 1.165) is 35.3 Å². The molecule has 1 aliphatic carbocycles. The lowest BCUT2D eigenvalue weighted by Gasteiger charge is -2.27. The number of carbonyl (C=O) groups is 1. The van der Waals surface area contributed by atoms with Gasteiger partial charge in [-0.1, -0.05) is 17.7 Å². The first-order valence-corrected chi connectivity index (χ1v) is 13.3. The Labute approximate surface area is 226 Å². The first kappa shape index (κ1) is 22.7. The molecule has 1 atom stereocenters. The molecule has 2 aliphatic heterocycles. The number of fused-ring (bicyclic) bond motifs is 6. The molecule has 6 heterocycles. The molecule has 1 amide bonds. The van der Waals surface area contributed by atoms with Gasteiger partial charge < -0.3 is 19.3 Å². The average molecular weight is 541 g/mol. The van der Waals surface area contributed by atoms with Crippen molar-refractivity contribution in [1.82, 2.24) is 29.2 Å². The van der Waals surface area contributed by atoms with Gasteiger partial charge in [-0.3, -0.25) is 9.59 Å². The summed E-state index contributed by atoms with van der Waals surface area (Å²) in [5.41, 5.74) is 4.12. The molecule has 4 aromatic heterocycles. The first-order valence-electron chi connectivity index (χ1n) is 13.0. The van der Waals surface area contributed by atoms with Crippen LogP contribution in [0.3, 0.4) is 0 Å². The summed E-state index contributed by atoms with van der Waals surface area (Å²) >= 11 is 6.19. The first-order chi connectivity index (χ1) is 18.9. The second kappa shape index (κ2) is 7.89. The van der Waals surface area contributed by atoms with Crippen molar-refractivity contribution < 1.29 is 9.18 Å². The maximum Gasteiger partial charge on any atom is 0.254 e. The van der Waals surface area contributed by atoms with Gasteiger partial charge in [-0.2, -0.15) is 0 Å². The minimum absolute atomic E-state index is 0.0272. The van der Waals surface area contributed by atoms with E-state index in [0.29, 0.717) is 41.9 Å². The minimum Gasteiger partial charge on any atom is -0.346 e. The molecule has 5 aromatic rings. The number of H-pyrrole nitrogens is 1. The van der Waals surface area contributed by atoms with E-state index in [1.165, 1.54) is 6.07 Å². The molecule has 8 rings (SSSR count). The third-order valence-electron chi connectivity index (χ3n) is 8.38. The summed E-state index contributed by atoms with van der Waals surface area (Å²) in [4.78, 5) is 39.7. The van der Waals surface area contributed by atoms with Crippen molar-refractivity contribution in [2.45, 2.75) is 43.7 Å². The molecule has 3 aliphatic rings. The number of amides is 1. The summed E-state index contributed by atoms with van der Waals surface area (Å²) in [6, 6.07) is 8.29. The zero-order valence-electron chi connectivity index (χ0n) is 20.7. The molecular formula is C29H22ClFN6O2. The third kappa shape index (κ3) is 3.35. The standard InChI is InChI=1S/C29H22ClFN6O2/c30-18-2-1-16-13-29(6-7-29)35-28(39)25-17(24(16)26(18)31)12-23(38)37-20(25)3-4-21(37)27-33-14-19(34-27)15-5-9-36-10-8-32-22(36)11-15/h1-2,5,8-12,14,21H,3-4,6-7,13H2,(H,33,34)(H,35,39)/t21-/m1/s1. The normalized spacial score (nSPS) is 18.8. The SMILES string of the molecule is O=C1NC2(CC2)Cc2ccc(Cl)c(F)c2-c2cc(=O)n3c(c21)CC[C@@H]3c1ncc(-c2ccn3ccnc3c2)[nH]1. The van der Waals surface area contributed by atoms with Crippen LogP contribution < -0.4 is 10.9 Å². The molecule has 39 heavy (non-hydrogen) atoms. The fourth-order valence-electron chi connectivity index (χ4n) is 6.30. The Hall–Kier alpha value is -4.24. The van der Waals surface area contributed by atoms with Gasteiger partial charge in [0.05, 0.1) is 28.5 Å². The van der Waals surface area contributed by atoms with Gasteiger partial charge in [0.15, 0.2) is 0 Å². The molecule has 8 nitrogen and oxygen atoms in total. The van der Waals surface area contributed by atoms with E-state index in [1.807, 2.05) is 28.9 Å². The van der Waals surface area contributed by atoms with Gasteiger partial charge in [0.2, 0.25) is 0 Å². The van der Waals surface area contributed by atoms with Gasteiger partial charge in [-0.05, 0) is 55.9 Å². The van der Waals surface area contributed by atoms with Gasteiger partial charge >= 0.3 is 0 Å². The van der Waals surface area contributed by atoms with E-state index >= 15 is 4.39 Å². The number of imidazole rings is 2. The van der Waals surface area contributed by atoms with Crippen LogP contribution in [0.5, 0.6) is 0 Å². The second-order valence-electron chi connectivity index (χ2n) is 10.7. The number of rotatable bonds is 2. The molecule has 0 bridgehead atoms. The average Bonchev–Trinajstić information content (AvgIpc) is 3.31. The van der Waals surface area contributed by atoms with Crippen molar-refractivity contribution in [3.05, 3.63) is 99.0 Å². The van der Waals surface area contributed by atoms with Crippen LogP contribution in [0.2, 0.25) is 5.02 Å². The van der Waals surface area contributed by atoms with Gasteiger partial charge in [-0.15, -0.1) is 0 Å². The number of benzene rings is 1. The molecule has 1 spiro atoms. The van der Waals surface area contributed by atoms with Gasteiger partial charge in [0, 0.05) is 52.6 Å². The topological polar surface area (TPSA) is 97.1 Å². The Morgan fingerprint density at radius 2 is 1.95 bits per heavy atom. The van der Waals surface area contributed by atoms with Crippen LogP contribution in [-0.2, 0) is 12.8 Å². The fraction of sp³-hybridized carbons (Fsp3) is 0.241. The molecule has 0 saturated heterocycles. The molecule has 10 heteroatoms. The lowest BCUT2D eigenvalue weighted by molar-refractivity contribution is 0.0929. The van der Waals surface area contributed by atoms with Crippen LogP contribution in [0.15, 0.2) is 59.9 Å². The van der Waals surface area contributed by atoms with E-state index < -0.39 is 5.82 Å². The molecule has 1 saturated carbocycles. The highest BCUT2D eigenvalue weighted by molar-refractivity contribution is 6.31. The largest absolute Gasteiger partial charge is 0.346 e. The Bertz CT molecular complexity index is 1920. The van der Waals surface area contributed by atoms with Crippen molar-refractivity contribution in [2.75, 3.05) is 0 Å². The number of aromatic amines is 1. The third-order valence-corrected chi connectivity index (χ3v) is 8.67. The van der Waals surface area contributed by atoms with E-state index in [-0.39, 0.29) is 33.6 Å². The van der Waals surface area contributed by atoms with Gasteiger partial charge in [0.25, 0.3) is 11.5 Å². The van der Waals surface area contributed by atoms with Crippen molar-refractivity contribution in [3.63, 3.8) is 0 Å². The van der Waals surface area contributed by atoms with Crippen molar-refractivity contribution in [1.29, 1.82) is 0 Å². The number of hydrogen-bond acceptors (Lipinski definition) is 4. The molecule has 194 valence electrons. The van der Waals surface area contributed by atoms with E-state index in [4.69, 9.17) is 11.6 Å². The van der Waals surface area contributed by atoms with Crippen LogP contribution in [0, 0.1) is 5.82 Å². The van der Waals surface area contributed by atoms with Gasteiger partial charge in [0.1, 0.15) is 17.3 Å². The lowest BCUT2D eigenvalue weighted by Crippen LogP contribution is -2.41. The van der Waals surface area contributed by atoms with Crippen LogP contribution in [-0.4, -0.2) is 35.4 Å². The summed E-state index contributed by atoms with van der Waals surface area (Å²) in [5, 5.41) is 3.17. The zero-order chi connectivity index (χ0) is 26.5. The van der Waals surface area contributed by atoms with E-state index in [9.17, 15) is 9.59 Å². The summed E-state index contributed by atoms with van der Waals surface area (Å²) in [5.74, 6) is -0.233. The Balaban J connectivity index is 1.27. The lowest BCUT2D eigenvalue weighted by atomic mass is 9.88. The zero-order valence-corrected chi connectivity index (χ0v) is 21.4. The predicted molar refractivity (Wildman–Crippen MR) is 143 cm³/mol. The van der Waals surface area contributed by atoms with E-state index in [2.05, 4.69) is 20.3 Å². The molecule has 1 aromatic carbocycles. The number of hydrogen-bond donors (Lipinski definition) is 2. The Morgan fingerprint density at radius 1 is 1.08 bits per heavy atom. The predicted octanol–water partition coefficient (Wildman–Crippen LogP) is 4.70. The van der Waals surface area contributed by atoms with Crippen LogP contribution in [0.25, 0.3) is 28.0 Å². The van der Waals surface area contributed by atoms with Crippen LogP contribution in [0.4, 0.5) is 4.39 Å². The van der Waals surface area contributed by atoms with Crippen LogP contribution in [0.1, 0.15) is 52.7 Å². The minimum atomic E-state index is -0.593. The maximum absolute atomic E-state index is 15.5. The highest BCUT2D eigenvalue weighted by Crippen LogP contribution is 2.46. The molecule has 0 radical (unpaired) electrons. The van der Waals surface area contributed by atoms with Gasteiger partial charge in [-0.25, -0.2) is 14.4 Å². The monoisotopic (exact) mass is 540 g/mol. The highest BCUT2D eigenvalue weighted by atomic mass is 35.5. The summed E-state index contributed by atoms with van der Waals surface area (Å²) in [7, 11) is 0. The molecule has 2 N–H and O–H groups in total. The number of pyridine rings is 2. The van der Waals surface area contributed by atoms with Crippen molar-refractivity contribution >= 4 is 23.2 Å². The number of halogens is 2. The fourth-order valence-corrected chi connectivity index (χ4v) is 6.46. The summed E-state index contributed by atoms with van der Waals surface area (Å²) in [6.07, 6.45) is 10.5. The van der Waals surface area contributed by atoms with Crippen molar-refractivity contribution in [2.24, 2.45) is 0 Å². The summed E-state index contributed by atoms with van der Waals surface area (Å²) in [6.45, 7) is 0. The number of aromatic nitrogens is 5. The molecular weight excluding hydrogens is 519 g/mol. The number of nitrogens with one attached hydrogen (secondary N) is 2. The Morgan fingerprint density at radius 3 is 2.79 bits per heavy atom.